The fourth-order valence-corrected chi connectivity index (χ4v) is 6.02. The zero-order valence-electron chi connectivity index (χ0n) is 18.8. The number of nitrogens with zero attached hydrogens (tertiary/aromatic N) is 3. The molecule has 0 spiro atoms. The van der Waals surface area contributed by atoms with Gasteiger partial charge in [0.15, 0.2) is 5.69 Å². The van der Waals surface area contributed by atoms with Gasteiger partial charge in [0.2, 0.25) is 5.75 Å². The first kappa shape index (κ1) is 20.5. The number of aromatic nitrogens is 2. The van der Waals surface area contributed by atoms with Gasteiger partial charge in [-0.25, -0.2) is 0 Å². The van der Waals surface area contributed by atoms with Crippen LogP contribution in [0.25, 0.3) is 10.8 Å². The van der Waals surface area contributed by atoms with E-state index in [2.05, 4.69) is 47.4 Å². The van der Waals surface area contributed by atoms with Gasteiger partial charge in [-0.05, 0) is 47.9 Å². The first-order valence-electron chi connectivity index (χ1n) is 12.2. The number of rotatable bonds is 5. The molecule has 2 saturated carbocycles. The highest BCUT2D eigenvalue weighted by Crippen LogP contribution is 2.46. The third kappa shape index (κ3) is 3.43. The Morgan fingerprint density at radius 3 is 2.55 bits per heavy atom. The summed E-state index contributed by atoms with van der Waals surface area (Å²) in [7, 11) is 0. The maximum Gasteiger partial charge on any atom is 0.315 e. The summed E-state index contributed by atoms with van der Waals surface area (Å²) >= 11 is 0. The maximum atomic E-state index is 13.2. The largest absolute Gasteiger partial charge is 0.501 e. The molecule has 2 fully saturated rings. The zero-order chi connectivity index (χ0) is 22.6. The van der Waals surface area contributed by atoms with E-state index in [0.717, 1.165) is 38.5 Å². The first-order valence-corrected chi connectivity index (χ1v) is 12.2. The lowest BCUT2D eigenvalue weighted by atomic mass is 9.74. The van der Waals surface area contributed by atoms with Crippen molar-refractivity contribution in [1.82, 2.24) is 14.5 Å². The topological polar surface area (TPSA) is 75.4 Å². The van der Waals surface area contributed by atoms with Crippen molar-refractivity contribution in [2.75, 3.05) is 13.1 Å². The molecule has 2 aromatic carbocycles. The number of carbonyl (C=O) groups is 1. The predicted octanol–water partition coefficient (Wildman–Crippen LogP) is 4.02. The average molecular weight is 444 g/mol. The Balaban J connectivity index is 1.45. The molecular formula is C27H29N3O3. The van der Waals surface area contributed by atoms with Crippen molar-refractivity contribution in [3.05, 3.63) is 69.9 Å². The van der Waals surface area contributed by atoms with Crippen LogP contribution in [0.5, 0.6) is 5.75 Å². The summed E-state index contributed by atoms with van der Waals surface area (Å²) in [4.78, 5) is 32.0. The van der Waals surface area contributed by atoms with Crippen LogP contribution >= 0.6 is 0 Å². The molecule has 1 aliphatic heterocycles. The second kappa shape index (κ2) is 7.72. The van der Waals surface area contributed by atoms with Crippen LogP contribution in [0.3, 0.4) is 0 Å². The van der Waals surface area contributed by atoms with Crippen molar-refractivity contribution in [1.29, 1.82) is 0 Å². The summed E-state index contributed by atoms with van der Waals surface area (Å²) < 4.78 is 1.83. The van der Waals surface area contributed by atoms with E-state index in [-0.39, 0.29) is 17.0 Å². The maximum absolute atomic E-state index is 13.2. The highest BCUT2D eigenvalue weighted by Gasteiger charge is 2.40. The summed E-state index contributed by atoms with van der Waals surface area (Å²) in [5.41, 5.74) is 0.603. The third-order valence-electron chi connectivity index (χ3n) is 7.92. The molecule has 3 aromatic rings. The number of amides is 1. The van der Waals surface area contributed by atoms with E-state index < -0.39 is 11.3 Å². The summed E-state index contributed by atoms with van der Waals surface area (Å²) in [6.45, 7) is 1.88. The molecule has 2 heterocycles. The Labute approximate surface area is 192 Å². The van der Waals surface area contributed by atoms with Gasteiger partial charge >= 0.3 is 5.56 Å². The SMILES string of the molecule is O=C1c2c(O)c(=O)nc(CC3(c4cccc5ccccc45)CCCC3)n2CCN1CC1CC1. The molecule has 1 amide bonds. The molecule has 6 nitrogen and oxygen atoms in total. The Morgan fingerprint density at radius 2 is 1.76 bits per heavy atom. The monoisotopic (exact) mass is 443 g/mol. The van der Waals surface area contributed by atoms with Crippen LogP contribution in [0.15, 0.2) is 47.3 Å². The quantitative estimate of drug-likeness (QED) is 0.646. The normalized spacial score (nSPS) is 19.8. The van der Waals surface area contributed by atoms with E-state index in [1.807, 2.05) is 4.57 Å². The van der Waals surface area contributed by atoms with Gasteiger partial charge in [0.1, 0.15) is 5.82 Å². The van der Waals surface area contributed by atoms with Crippen LogP contribution in [-0.2, 0) is 18.4 Å². The molecule has 0 unspecified atom stereocenters. The van der Waals surface area contributed by atoms with Crippen molar-refractivity contribution in [2.24, 2.45) is 5.92 Å². The molecule has 33 heavy (non-hydrogen) atoms. The minimum Gasteiger partial charge on any atom is -0.501 e. The summed E-state index contributed by atoms with van der Waals surface area (Å²) in [5, 5.41) is 13.0. The smallest absolute Gasteiger partial charge is 0.315 e. The molecule has 170 valence electrons. The van der Waals surface area contributed by atoms with Gasteiger partial charge in [-0.2, -0.15) is 4.98 Å². The van der Waals surface area contributed by atoms with E-state index in [1.54, 1.807) is 4.90 Å². The lowest BCUT2D eigenvalue weighted by Crippen LogP contribution is -2.44. The fraction of sp³-hybridized carbons (Fsp3) is 0.444. The highest BCUT2D eigenvalue weighted by atomic mass is 16.3. The van der Waals surface area contributed by atoms with Gasteiger partial charge in [-0.3, -0.25) is 9.59 Å². The highest BCUT2D eigenvalue weighted by molar-refractivity contribution is 5.95. The summed E-state index contributed by atoms with van der Waals surface area (Å²) in [5.74, 6) is 0.442. The molecule has 1 N–H and O–H groups in total. The van der Waals surface area contributed by atoms with Gasteiger partial charge in [0, 0.05) is 31.5 Å². The zero-order valence-corrected chi connectivity index (χ0v) is 18.8. The first-order chi connectivity index (χ1) is 16.1. The fourth-order valence-electron chi connectivity index (χ4n) is 6.02. The van der Waals surface area contributed by atoms with Gasteiger partial charge in [-0.1, -0.05) is 55.3 Å². The van der Waals surface area contributed by atoms with E-state index in [0.29, 0.717) is 37.8 Å². The van der Waals surface area contributed by atoms with Crippen molar-refractivity contribution in [2.45, 2.75) is 56.9 Å². The molecule has 6 heteroatoms. The molecule has 0 radical (unpaired) electrons. The minimum absolute atomic E-state index is 0.128. The molecular weight excluding hydrogens is 414 g/mol. The Hall–Kier alpha value is -3.15. The number of hydrogen-bond acceptors (Lipinski definition) is 4. The second-order valence-corrected chi connectivity index (χ2v) is 10.1. The van der Waals surface area contributed by atoms with Gasteiger partial charge < -0.3 is 14.6 Å². The van der Waals surface area contributed by atoms with Crippen LogP contribution in [0.1, 0.15) is 60.4 Å². The van der Waals surface area contributed by atoms with E-state index in [1.165, 1.54) is 16.3 Å². The van der Waals surface area contributed by atoms with Crippen molar-refractivity contribution in [3.63, 3.8) is 0 Å². The van der Waals surface area contributed by atoms with Crippen LogP contribution in [0, 0.1) is 5.92 Å². The molecule has 3 aliphatic rings. The van der Waals surface area contributed by atoms with Crippen LogP contribution in [-0.4, -0.2) is 38.6 Å². The Morgan fingerprint density at radius 1 is 1.00 bits per heavy atom. The van der Waals surface area contributed by atoms with Crippen molar-refractivity contribution in [3.8, 4) is 5.75 Å². The van der Waals surface area contributed by atoms with Gasteiger partial charge in [0.25, 0.3) is 5.91 Å². The Bertz CT molecular complexity index is 1300. The molecule has 1 aromatic heterocycles. The van der Waals surface area contributed by atoms with Gasteiger partial charge in [-0.15, -0.1) is 0 Å². The number of carbonyl (C=O) groups excluding carboxylic acids is 1. The van der Waals surface area contributed by atoms with E-state index in [9.17, 15) is 14.7 Å². The number of aromatic hydroxyl groups is 1. The van der Waals surface area contributed by atoms with Crippen molar-refractivity contribution < 1.29 is 9.90 Å². The molecule has 0 atom stereocenters. The summed E-state index contributed by atoms with van der Waals surface area (Å²) in [6, 6.07) is 14.9. The summed E-state index contributed by atoms with van der Waals surface area (Å²) in [6.07, 6.45) is 7.21. The number of benzene rings is 2. The molecule has 0 saturated heterocycles. The lowest BCUT2D eigenvalue weighted by molar-refractivity contribution is 0.0684. The van der Waals surface area contributed by atoms with Crippen LogP contribution in [0.4, 0.5) is 0 Å². The standard InChI is InChI=1S/C27H29N3O3/c31-24-23-26(33)29(17-18-10-11-18)14-15-30(23)22(28-25(24)32)16-27(12-3-4-13-27)21-9-5-7-19-6-1-2-8-20(19)21/h1-2,5-9,18,31H,3-4,10-17H2. The van der Waals surface area contributed by atoms with E-state index in [4.69, 9.17) is 0 Å². The van der Waals surface area contributed by atoms with Crippen LogP contribution in [0.2, 0.25) is 0 Å². The Kier molecular flexibility index (Phi) is 4.78. The van der Waals surface area contributed by atoms with Crippen molar-refractivity contribution >= 4 is 16.7 Å². The number of fused-ring (bicyclic) bond motifs is 2. The molecule has 6 rings (SSSR count). The molecule has 2 aliphatic carbocycles. The average Bonchev–Trinajstić information content (AvgIpc) is 3.53. The van der Waals surface area contributed by atoms with Crippen LogP contribution < -0.4 is 5.56 Å². The number of hydrogen-bond donors (Lipinski definition) is 1. The molecule has 0 bridgehead atoms. The lowest BCUT2D eigenvalue weighted by Gasteiger charge is -2.35. The second-order valence-electron chi connectivity index (χ2n) is 10.1. The van der Waals surface area contributed by atoms with E-state index >= 15 is 0 Å². The minimum atomic E-state index is -0.691. The third-order valence-corrected chi connectivity index (χ3v) is 7.92. The van der Waals surface area contributed by atoms with Gasteiger partial charge in [0.05, 0.1) is 0 Å². The predicted molar refractivity (Wildman–Crippen MR) is 127 cm³/mol.